The highest BCUT2D eigenvalue weighted by Crippen LogP contribution is 2.42. The summed E-state index contributed by atoms with van der Waals surface area (Å²) in [5.74, 6) is 0. The second-order valence-electron chi connectivity index (χ2n) is 8.95. The van der Waals surface area contributed by atoms with Crippen LogP contribution in [0.25, 0.3) is 33.0 Å². The number of benzene rings is 4. The van der Waals surface area contributed by atoms with Crippen LogP contribution in [0.5, 0.6) is 0 Å². The van der Waals surface area contributed by atoms with Crippen LogP contribution in [0.4, 0.5) is 0 Å². The Bertz CT molecular complexity index is 1190. The zero-order valence-corrected chi connectivity index (χ0v) is 18.0. The van der Waals surface area contributed by atoms with Crippen LogP contribution in [0, 0.1) is 0 Å². The van der Waals surface area contributed by atoms with Crippen molar-refractivity contribution in [3.05, 3.63) is 96.1 Å². The summed E-state index contributed by atoms with van der Waals surface area (Å²) in [4.78, 5) is 0. The Morgan fingerprint density at radius 2 is 1.07 bits per heavy atom. The first kappa shape index (κ1) is 20.3. The van der Waals surface area contributed by atoms with Gasteiger partial charge in [0.2, 0.25) is 0 Å². The van der Waals surface area contributed by atoms with E-state index in [0.717, 1.165) is 44.2 Å². The van der Waals surface area contributed by atoms with Crippen molar-refractivity contribution in [1.82, 2.24) is 0 Å². The normalized spacial score (nSPS) is 12.3. The van der Waals surface area contributed by atoms with Crippen LogP contribution in [0.1, 0.15) is 38.8 Å². The first-order valence-corrected chi connectivity index (χ1v) is 10.3. The van der Waals surface area contributed by atoms with Crippen molar-refractivity contribution in [3.63, 3.8) is 0 Å². The molecule has 0 spiro atoms. The largest absolute Gasteiger partial charge is 0.386 e. The molecule has 0 radical (unpaired) electrons. The summed E-state index contributed by atoms with van der Waals surface area (Å²) in [6, 6.07) is 28.6. The average Bonchev–Trinajstić information content (AvgIpc) is 2.72. The maximum atomic E-state index is 11.1. The highest BCUT2D eigenvalue weighted by Gasteiger charge is 2.28. The molecular formula is C28H28O2. The summed E-state index contributed by atoms with van der Waals surface area (Å²) in [6.45, 7) is 7.25. The number of hydrogen-bond donors (Lipinski definition) is 2. The average molecular weight is 397 g/mol. The topological polar surface area (TPSA) is 40.5 Å². The molecule has 0 aromatic heterocycles. The monoisotopic (exact) mass is 396 g/mol. The van der Waals surface area contributed by atoms with E-state index in [0.29, 0.717) is 0 Å². The van der Waals surface area contributed by atoms with Crippen molar-refractivity contribution < 1.29 is 10.2 Å². The lowest BCUT2D eigenvalue weighted by molar-refractivity contribution is 0.0753. The molecule has 4 aromatic carbocycles. The van der Waals surface area contributed by atoms with Gasteiger partial charge in [-0.1, -0.05) is 72.8 Å². The van der Waals surface area contributed by atoms with Crippen LogP contribution < -0.4 is 0 Å². The third-order valence-corrected chi connectivity index (χ3v) is 5.64. The van der Waals surface area contributed by atoms with E-state index in [2.05, 4.69) is 30.3 Å². The standard InChI is InChI=1S/C28H28O2/c1-27(2,29)25-18-24(22-16-10-14-19-13-8-9-15-21(19)22)26(28(3,4)30)17-23(25)20-11-6-5-7-12-20/h5-18,29-30H,1-4H3. The van der Waals surface area contributed by atoms with Crippen molar-refractivity contribution in [1.29, 1.82) is 0 Å². The summed E-state index contributed by atoms with van der Waals surface area (Å²) in [6.07, 6.45) is 0. The van der Waals surface area contributed by atoms with E-state index in [1.807, 2.05) is 82.3 Å². The van der Waals surface area contributed by atoms with Gasteiger partial charge in [0.25, 0.3) is 0 Å². The molecule has 0 unspecified atom stereocenters. The fourth-order valence-corrected chi connectivity index (χ4v) is 4.15. The Labute approximate surface area is 178 Å². The minimum absolute atomic E-state index is 0.838. The molecule has 0 saturated heterocycles. The summed E-state index contributed by atoms with van der Waals surface area (Å²) < 4.78 is 0. The molecule has 4 rings (SSSR count). The highest BCUT2D eigenvalue weighted by atomic mass is 16.3. The summed E-state index contributed by atoms with van der Waals surface area (Å²) in [5, 5.41) is 24.4. The number of fused-ring (bicyclic) bond motifs is 1. The minimum atomic E-state index is -1.05. The molecule has 2 N–H and O–H groups in total. The molecule has 2 heteroatoms. The van der Waals surface area contributed by atoms with Gasteiger partial charge in [0, 0.05) is 0 Å². The third kappa shape index (κ3) is 3.77. The molecule has 0 amide bonds. The fraction of sp³-hybridized carbons (Fsp3) is 0.214. The van der Waals surface area contributed by atoms with Gasteiger partial charge >= 0.3 is 0 Å². The lowest BCUT2D eigenvalue weighted by atomic mass is 9.80. The third-order valence-electron chi connectivity index (χ3n) is 5.64. The zero-order chi connectivity index (χ0) is 21.5. The molecule has 152 valence electrons. The van der Waals surface area contributed by atoms with E-state index in [-0.39, 0.29) is 0 Å². The van der Waals surface area contributed by atoms with Gasteiger partial charge in [-0.25, -0.2) is 0 Å². The van der Waals surface area contributed by atoms with Crippen molar-refractivity contribution >= 4 is 10.8 Å². The maximum Gasteiger partial charge on any atom is 0.0846 e. The van der Waals surface area contributed by atoms with Crippen LogP contribution in [0.2, 0.25) is 0 Å². The molecule has 0 heterocycles. The molecule has 30 heavy (non-hydrogen) atoms. The molecule has 0 fully saturated rings. The Morgan fingerprint density at radius 3 is 1.73 bits per heavy atom. The molecule has 4 aromatic rings. The minimum Gasteiger partial charge on any atom is -0.386 e. The van der Waals surface area contributed by atoms with E-state index in [4.69, 9.17) is 0 Å². The Morgan fingerprint density at radius 1 is 0.533 bits per heavy atom. The maximum absolute atomic E-state index is 11.1. The molecule has 0 atom stereocenters. The quantitative estimate of drug-likeness (QED) is 0.406. The van der Waals surface area contributed by atoms with Gasteiger partial charge in [0.05, 0.1) is 11.2 Å². The van der Waals surface area contributed by atoms with Crippen LogP contribution >= 0.6 is 0 Å². The number of aliphatic hydroxyl groups is 2. The van der Waals surface area contributed by atoms with Crippen molar-refractivity contribution in [2.24, 2.45) is 0 Å². The predicted molar refractivity (Wildman–Crippen MR) is 125 cm³/mol. The zero-order valence-electron chi connectivity index (χ0n) is 18.0. The summed E-state index contributed by atoms with van der Waals surface area (Å²) >= 11 is 0. The first-order valence-electron chi connectivity index (χ1n) is 10.3. The highest BCUT2D eigenvalue weighted by molar-refractivity contribution is 5.98. The van der Waals surface area contributed by atoms with E-state index >= 15 is 0 Å². The molecule has 0 aliphatic rings. The SMILES string of the molecule is CC(C)(O)c1cc(-c2cccc3ccccc23)c(C(C)(C)O)cc1-c1ccccc1. The van der Waals surface area contributed by atoms with Gasteiger partial charge in [0.15, 0.2) is 0 Å². The van der Waals surface area contributed by atoms with Crippen molar-refractivity contribution in [3.8, 4) is 22.3 Å². The summed E-state index contributed by atoms with van der Waals surface area (Å²) in [7, 11) is 0. The van der Waals surface area contributed by atoms with Crippen LogP contribution in [0.15, 0.2) is 84.9 Å². The van der Waals surface area contributed by atoms with Crippen LogP contribution in [-0.4, -0.2) is 10.2 Å². The Balaban J connectivity index is 2.11. The van der Waals surface area contributed by atoms with E-state index in [1.54, 1.807) is 0 Å². The predicted octanol–water partition coefficient (Wildman–Crippen LogP) is 6.63. The van der Waals surface area contributed by atoms with Crippen LogP contribution in [-0.2, 0) is 11.2 Å². The molecule has 0 aliphatic carbocycles. The van der Waals surface area contributed by atoms with Crippen LogP contribution in [0.3, 0.4) is 0 Å². The fourth-order valence-electron chi connectivity index (χ4n) is 4.15. The Hall–Kier alpha value is -2.94. The lowest BCUT2D eigenvalue weighted by Crippen LogP contribution is -2.21. The molecule has 0 saturated carbocycles. The Kier molecular flexibility index (Phi) is 5.01. The van der Waals surface area contributed by atoms with Gasteiger partial charge < -0.3 is 10.2 Å². The lowest BCUT2D eigenvalue weighted by Gasteiger charge is -2.29. The number of hydrogen-bond acceptors (Lipinski definition) is 2. The molecule has 0 bridgehead atoms. The van der Waals surface area contributed by atoms with E-state index < -0.39 is 11.2 Å². The first-order chi connectivity index (χ1) is 14.2. The second kappa shape index (κ2) is 7.39. The molecule has 2 nitrogen and oxygen atoms in total. The van der Waals surface area contributed by atoms with E-state index in [1.165, 1.54) is 0 Å². The second-order valence-corrected chi connectivity index (χ2v) is 8.95. The van der Waals surface area contributed by atoms with E-state index in [9.17, 15) is 10.2 Å². The summed E-state index contributed by atoms with van der Waals surface area (Å²) in [5.41, 5.74) is 3.53. The smallest absolute Gasteiger partial charge is 0.0846 e. The van der Waals surface area contributed by atoms with Gasteiger partial charge in [-0.15, -0.1) is 0 Å². The van der Waals surface area contributed by atoms with Crippen molar-refractivity contribution in [2.75, 3.05) is 0 Å². The van der Waals surface area contributed by atoms with Crippen molar-refractivity contribution in [2.45, 2.75) is 38.9 Å². The molecule has 0 aliphatic heterocycles. The van der Waals surface area contributed by atoms with Gasteiger partial charge in [-0.2, -0.15) is 0 Å². The van der Waals surface area contributed by atoms with Gasteiger partial charge in [-0.3, -0.25) is 0 Å². The number of rotatable bonds is 4. The van der Waals surface area contributed by atoms with Gasteiger partial charge in [-0.05, 0) is 84.0 Å². The van der Waals surface area contributed by atoms with Gasteiger partial charge in [0.1, 0.15) is 0 Å². The molecular weight excluding hydrogens is 368 g/mol.